The molecule has 0 unspecified atom stereocenters. The molecule has 0 atom stereocenters. The number of carbonyl (C=O) groups is 1. The number of rotatable bonds is 1. The molecule has 1 aliphatic carbocycles. The van der Waals surface area contributed by atoms with Crippen LogP contribution in [-0.4, -0.2) is 16.7 Å². The van der Waals surface area contributed by atoms with E-state index in [1.165, 1.54) is 0 Å². The first-order valence-electron chi connectivity index (χ1n) is 3.66. The number of hydrogen-bond donors (Lipinski definition) is 1. The topological polar surface area (TPSA) is 17.1 Å². The number of carbonyl (C=O) groups excluding carboxylic acids is 1. The monoisotopic (exact) mass is 198 g/mol. The molecular formula is C7H9F3OS. The predicted molar refractivity (Wildman–Crippen MR) is 41.2 cm³/mol. The molecule has 0 radical (unpaired) electrons. The summed E-state index contributed by atoms with van der Waals surface area (Å²) in [5.74, 6) is -2.81. The van der Waals surface area contributed by atoms with Gasteiger partial charge >= 0.3 is 0 Å². The minimum Gasteiger partial charge on any atom is -0.284 e. The van der Waals surface area contributed by atoms with E-state index in [-0.39, 0.29) is 0 Å². The van der Waals surface area contributed by atoms with Crippen LogP contribution in [-0.2, 0) is 4.79 Å². The maximum atomic E-state index is 13.3. The Bertz CT molecular complexity index is 195. The Balaban J connectivity index is 2.62. The van der Waals surface area contributed by atoms with Gasteiger partial charge in [0.25, 0.3) is 0 Å². The molecular weight excluding hydrogens is 189 g/mol. The fourth-order valence-electron chi connectivity index (χ4n) is 1.23. The van der Waals surface area contributed by atoms with Crippen molar-refractivity contribution in [1.29, 1.82) is 0 Å². The Morgan fingerprint density at radius 3 is 1.83 bits per heavy atom. The standard InChI is InChI=1S/C7H9F3OS/c8-6(5(11)12)1-3-7(9,10)4-2-6/h1-4H2,(H,11,12). The highest BCUT2D eigenvalue weighted by Crippen LogP contribution is 2.41. The Morgan fingerprint density at radius 2 is 1.50 bits per heavy atom. The van der Waals surface area contributed by atoms with Crippen molar-refractivity contribution in [2.75, 3.05) is 0 Å². The minimum atomic E-state index is -2.81. The van der Waals surface area contributed by atoms with Crippen molar-refractivity contribution in [3.05, 3.63) is 0 Å². The molecule has 0 amide bonds. The third-order valence-corrected chi connectivity index (χ3v) is 2.56. The van der Waals surface area contributed by atoms with E-state index in [2.05, 4.69) is 12.6 Å². The normalized spacial score (nSPS) is 26.7. The maximum absolute atomic E-state index is 13.3. The van der Waals surface area contributed by atoms with Crippen LogP contribution in [0.4, 0.5) is 13.2 Å². The summed E-state index contributed by atoms with van der Waals surface area (Å²) in [6.07, 6.45) is -1.95. The van der Waals surface area contributed by atoms with Crippen molar-refractivity contribution >= 4 is 17.7 Å². The average molecular weight is 198 g/mol. The molecule has 1 nitrogen and oxygen atoms in total. The molecule has 1 saturated carbocycles. The lowest BCUT2D eigenvalue weighted by Gasteiger charge is -2.31. The van der Waals surface area contributed by atoms with E-state index >= 15 is 0 Å². The second-order valence-electron chi connectivity index (χ2n) is 3.13. The van der Waals surface area contributed by atoms with E-state index in [1.807, 2.05) is 0 Å². The number of alkyl halides is 3. The largest absolute Gasteiger partial charge is 0.284 e. The molecule has 0 bridgehead atoms. The first-order chi connectivity index (χ1) is 5.36. The van der Waals surface area contributed by atoms with E-state index < -0.39 is 42.4 Å². The third kappa shape index (κ3) is 1.94. The van der Waals surface area contributed by atoms with Crippen LogP contribution in [0.3, 0.4) is 0 Å². The molecule has 0 aromatic rings. The SMILES string of the molecule is O=C(S)C1(F)CCC(F)(F)CC1. The zero-order valence-electron chi connectivity index (χ0n) is 6.32. The van der Waals surface area contributed by atoms with Crippen molar-refractivity contribution in [2.24, 2.45) is 0 Å². The summed E-state index contributed by atoms with van der Waals surface area (Å²) in [5.41, 5.74) is -2.12. The molecule has 70 valence electrons. The fraction of sp³-hybridized carbons (Fsp3) is 0.857. The molecule has 0 aromatic heterocycles. The van der Waals surface area contributed by atoms with Gasteiger partial charge in [-0.3, -0.25) is 4.79 Å². The first-order valence-corrected chi connectivity index (χ1v) is 4.11. The Morgan fingerprint density at radius 1 is 1.08 bits per heavy atom. The van der Waals surface area contributed by atoms with Crippen LogP contribution in [0.5, 0.6) is 0 Å². The number of hydrogen-bond acceptors (Lipinski definition) is 1. The van der Waals surface area contributed by atoms with E-state index in [9.17, 15) is 18.0 Å². The summed E-state index contributed by atoms with van der Waals surface area (Å²) in [4.78, 5) is 10.6. The molecule has 0 aliphatic heterocycles. The van der Waals surface area contributed by atoms with E-state index in [0.717, 1.165) is 0 Å². The summed E-state index contributed by atoms with van der Waals surface area (Å²) in [6, 6.07) is 0. The quantitative estimate of drug-likeness (QED) is 0.640. The second kappa shape index (κ2) is 2.94. The molecule has 0 heterocycles. The molecule has 0 N–H and O–H groups in total. The Kier molecular flexibility index (Phi) is 2.42. The van der Waals surface area contributed by atoms with Gasteiger partial charge in [0.1, 0.15) is 0 Å². The van der Waals surface area contributed by atoms with Gasteiger partial charge in [-0.15, -0.1) is 12.6 Å². The van der Waals surface area contributed by atoms with Crippen LogP contribution in [0, 0.1) is 0 Å². The van der Waals surface area contributed by atoms with Crippen LogP contribution < -0.4 is 0 Å². The summed E-state index contributed by atoms with van der Waals surface area (Å²) >= 11 is 3.32. The van der Waals surface area contributed by atoms with Gasteiger partial charge in [0.05, 0.1) is 0 Å². The van der Waals surface area contributed by atoms with E-state index in [1.54, 1.807) is 0 Å². The summed E-state index contributed by atoms with van der Waals surface area (Å²) < 4.78 is 38.3. The summed E-state index contributed by atoms with van der Waals surface area (Å²) in [6.45, 7) is 0. The molecule has 0 saturated heterocycles. The zero-order chi connectivity index (χ0) is 9.41. The third-order valence-electron chi connectivity index (χ3n) is 2.16. The molecule has 0 spiro atoms. The minimum absolute atomic E-state index is 0.414. The highest BCUT2D eigenvalue weighted by molar-refractivity contribution is 7.96. The highest BCUT2D eigenvalue weighted by atomic mass is 32.1. The lowest BCUT2D eigenvalue weighted by Crippen LogP contribution is -2.39. The lowest BCUT2D eigenvalue weighted by atomic mass is 9.85. The molecule has 1 aliphatic rings. The summed E-state index contributed by atoms with van der Waals surface area (Å²) in [7, 11) is 0. The van der Waals surface area contributed by atoms with Gasteiger partial charge in [0.2, 0.25) is 11.0 Å². The molecule has 12 heavy (non-hydrogen) atoms. The molecule has 1 fully saturated rings. The molecule has 1 rings (SSSR count). The Labute approximate surface area is 73.7 Å². The van der Waals surface area contributed by atoms with E-state index in [0.29, 0.717) is 0 Å². The number of thiol groups is 1. The smallest absolute Gasteiger partial charge is 0.248 e. The van der Waals surface area contributed by atoms with Gasteiger partial charge in [-0.1, -0.05) is 0 Å². The van der Waals surface area contributed by atoms with Gasteiger partial charge in [-0.25, -0.2) is 13.2 Å². The maximum Gasteiger partial charge on any atom is 0.248 e. The highest BCUT2D eigenvalue weighted by Gasteiger charge is 2.46. The fourth-order valence-corrected chi connectivity index (χ4v) is 1.45. The van der Waals surface area contributed by atoms with Gasteiger partial charge in [0.15, 0.2) is 5.67 Å². The van der Waals surface area contributed by atoms with Crippen LogP contribution in [0.15, 0.2) is 0 Å². The zero-order valence-corrected chi connectivity index (χ0v) is 7.21. The van der Waals surface area contributed by atoms with Gasteiger partial charge in [-0.05, 0) is 12.8 Å². The summed E-state index contributed by atoms with van der Waals surface area (Å²) in [5, 5.41) is -0.932. The van der Waals surface area contributed by atoms with Crippen LogP contribution in [0.2, 0.25) is 0 Å². The van der Waals surface area contributed by atoms with Crippen molar-refractivity contribution in [3.8, 4) is 0 Å². The number of halogens is 3. The van der Waals surface area contributed by atoms with Gasteiger partial charge in [-0.2, -0.15) is 0 Å². The second-order valence-corrected chi connectivity index (χ2v) is 3.53. The van der Waals surface area contributed by atoms with Crippen molar-refractivity contribution in [3.63, 3.8) is 0 Å². The molecule has 5 heteroatoms. The molecule has 0 aromatic carbocycles. The van der Waals surface area contributed by atoms with Gasteiger partial charge in [0, 0.05) is 12.8 Å². The first kappa shape index (κ1) is 9.89. The van der Waals surface area contributed by atoms with Gasteiger partial charge < -0.3 is 0 Å². The average Bonchev–Trinajstić information content (AvgIpc) is 1.96. The van der Waals surface area contributed by atoms with Crippen LogP contribution in [0.1, 0.15) is 25.7 Å². The van der Waals surface area contributed by atoms with Crippen LogP contribution in [0.25, 0.3) is 0 Å². The van der Waals surface area contributed by atoms with Crippen LogP contribution >= 0.6 is 12.6 Å². The van der Waals surface area contributed by atoms with Crippen molar-refractivity contribution in [2.45, 2.75) is 37.3 Å². The van der Waals surface area contributed by atoms with E-state index in [4.69, 9.17) is 0 Å². The lowest BCUT2D eigenvalue weighted by molar-refractivity contribution is -0.130. The predicted octanol–water partition coefficient (Wildman–Crippen LogP) is 2.36. The Hall–Kier alpha value is -0.190. The van der Waals surface area contributed by atoms with Crippen molar-refractivity contribution < 1.29 is 18.0 Å². The van der Waals surface area contributed by atoms with Crippen molar-refractivity contribution in [1.82, 2.24) is 0 Å².